The van der Waals surface area contributed by atoms with Crippen molar-refractivity contribution in [2.45, 2.75) is 46.2 Å². The molecule has 0 spiro atoms. The minimum Gasteiger partial charge on any atom is -0.467 e. The third-order valence-corrected chi connectivity index (χ3v) is 2.36. The van der Waals surface area contributed by atoms with Crippen LogP contribution in [-0.2, 0) is 11.3 Å². The van der Waals surface area contributed by atoms with Crippen LogP contribution in [0.3, 0.4) is 0 Å². The SMILES string of the molecule is CC(C)(C)CC(N)CC(=O)NCc1ccco1. The van der Waals surface area contributed by atoms with E-state index in [4.69, 9.17) is 10.2 Å². The summed E-state index contributed by atoms with van der Waals surface area (Å²) in [6.07, 6.45) is 2.78. The summed E-state index contributed by atoms with van der Waals surface area (Å²) in [4.78, 5) is 11.6. The zero-order valence-electron chi connectivity index (χ0n) is 10.8. The molecular formula is C13H22N2O2. The molecule has 3 N–H and O–H groups in total. The molecule has 1 unspecified atom stereocenters. The number of hydrogen-bond acceptors (Lipinski definition) is 3. The molecule has 1 aromatic rings. The number of rotatable bonds is 5. The molecule has 0 saturated carbocycles. The molecule has 0 radical (unpaired) electrons. The van der Waals surface area contributed by atoms with Gasteiger partial charge in [-0.15, -0.1) is 0 Å². The topological polar surface area (TPSA) is 68.3 Å². The van der Waals surface area contributed by atoms with Crippen molar-refractivity contribution in [3.05, 3.63) is 24.2 Å². The Bertz CT molecular complexity index is 339. The van der Waals surface area contributed by atoms with Gasteiger partial charge in [-0.05, 0) is 24.0 Å². The zero-order valence-corrected chi connectivity index (χ0v) is 10.8. The maximum Gasteiger partial charge on any atom is 0.221 e. The van der Waals surface area contributed by atoms with Crippen LogP contribution < -0.4 is 11.1 Å². The molecule has 0 aliphatic heterocycles. The van der Waals surface area contributed by atoms with E-state index in [1.807, 2.05) is 6.07 Å². The molecule has 1 amide bonds. The molecular weight excluding hydrogens is 216 g/mol. The van der Waals surface area contributed by atoms with Crippen molar-refractivity contribution in [1.29, 1.82) is 0 Å². The predicted octanol–water partition coefficient (Wildman–Crippen LogP) is 2.05. The Labute approximate surface area is 103 Å². The number of amides is 1. The Hall–Kier alpha value is -1.29. The van der Waals surface area contributed by atoms with Gasteiger partial charge in [0.05, 0.1) is 12.8 Å². The first kappa shape index (κ1) is 13.8. The molecule has 0 aliphatic rings. The maximum atomic E-state index is 11.6. The summed E-state index contributed by atoms with van der Waals surface area (Å²) in [5.74, 6) is 0.723. The second kappa shape index (κ2) is 5.87. The lowest BCUT2D eigenvalue weighted by Crippen LogP contribution is -2.33. The van der Waals surface area contributed by atoms with Crippen molar-refractivity contribution in [3.63, 3.8) is 0 Å². The number of carbonyl (C=O) groups is 1. The molecule has 0 aliphatic carbocycles. The summed E-state index contributed by atoms with van der Waals surface area (Å²) in [7, 11) is 0. The standard InChI is InChI=1S/C13H22N2O2/c1-13(2,3)8-10(14)7-12(16)15-9-11-5-4-6-17-11/h4-6,10H,7-9,14H2,1-3H3,(H,15,16). The number of carbonyl (C=O) groups excluding carboxylic acids is 1. The molecule has 96 valence electrons. The molecule has 0 aromatic carbocycles. The molecule has 1 rings (SSSR count). The van der Waals surface area contributed by atoms with E-state index in [0.29, 0.717) is 13.0 Å². The Morgan fingerprint density at radius 2 is 2.24 bits per heavy atom. The largest absolute Gasteiger partial charge is 0.467 e. The van der Waals surface area contributed by atoms with Gasteiger partial charge in [-0.25, -0.2) is 0 Å². The number of nitrogens with one attached hydrogen (secondary N) is 1. The van der Waals surface area contributed by atoms with E-state index in [1.165, 1.54) is 0 Å². The molecule has 4 heteroatoms. The van der Waals surface area contributed by atoms with Crippen LogP contribution in [0, 0.1) is 5.41 Å². The second-order valence-electron chi connectivity index (χ2n) is 5.59. The summed E-state index contributed by atoms with van der Waals surface area (Å²) < 4.78 is 5.12. The Kier molecular flexibility index (Phi) is 4.75. The predicted molar refractivity (Wildman–Crippen MR) is 67.2 cm³/mol. The zero-order chi connectivity index (χ0) is 12.9. The van der Waals surface area contributed by atoms with E-state index in [0.717, 1.165) is 12.2 Å². The molecule has 1 heterocycles. The van der Waals surface area contributed by atoms with Crippen molar-refractivity contribution >= 4 is 5.91 Å². The highest BCUT2D eigenvalue weighted by Crippen LogP contribution is 2.20. The summed E-state index contributed by atoms with van der Waals surface area (Å²) in [5, 5.41) is 2.79. The van der Waals surface area contributed by atoms with E-state index >= 15 is 0 Å². The van der Waals surface area contributed by atoms with E-state index < -0.39 is 0 Å². The summed E-state index contributed by atoms with van der Waals surface area (Å²) in [5.41, 5.74) is 6.08. The van der Waals surface area contributed by atoms with Gasteiger partial charge in [0.25, 0.3) is 0 Å². The van der Waals surface area contributed by atoms with E-state index in [-0.39, 0.29) is 17.4 Å². The number of nitrogens with two attached hydrogens (primary N) is 1. The van der Waals surface area contributed by atoms with Crippen LogP contribution in [0.1, 0.15) is 39.4 Å². The highest BCUT2D eigenvalue weighted by atomic mass is 16.3. The summed E-state index contributed by atoms with van der Waals surface area (Å²) in [6.45, 7) is 6.78. The van der Waals surface area contributed by atoms with Crippen molar-refractivity contribution < 1.29 is 9.21 Å². The molecule has 17 heavy (non-hydrogen) atoms. The van der Waals surface area contributed by atoms with Crippen molar-refractivity contribution in [1.82, 2.24) is 5.32 Å². The van der Waals surface area contributed by atoms with Crippen LogP contribution in [0.15, 0.2) is 22.8 Å². The van der Waals surface area contributed by atoms with Gasteiger partial charge in [0, 0.05) is 12.5 Å². The highest BCUT2D eigenvalue weighted by Gasteiger charge is 2.18. The average molecular weight is 238 g/mol. The second-order valence-corrected chi connectivity index (χ2v) is 5.59. The molecule has 0 fully saturated rings. The van der Waals surface area contributed by atoms with Gasteiger partial charge in [-0.1, -0.05) is 20.8 Å². The van der Waals surface area contributed by atoms with E-state index in [9.17, 15) is 4.79 Å². The maximum absolute atomic E-state index is 11.6. The average Bonchev–Trinajstić information content (AvgIpc) is 2.63. The summed E-state index contributed by atoms with van der Waals surface area (Å²) in [6, 6.07) is 3.54. The fraction of sp³-hybridized carbons (Fsp3) is 0.615. The third kappa shape index (κ3) is 6.12. The van der Waals surface area contributed by atoms with Crippen LogP contribution in [0.4, 0.5) is 0 Å². The minimum atomic E-state index is -0.0911. The van der Waals surface area contributed by atoms with Gasteiger partial charge < -0.3 is 15.5 Å². The Morgan fingerprint density at radius 3 is 2.76 bits per heavy atom. The quantitative estimate of drug-likeness (QED) is 0.825. The van der Waals surface area contributed by atoms with Gasteiger partial charge in [-0.2, -0.15) is 0 Å². The van der Waals surface area contributed by atoms with Crippen LogP contribution in [-0.4, -0.2) is 11.9 Å². The van der Waals surface area contributed by atoms with E-state index in [1.54, 1.807) is 12.3 Å². The van der Waals surface area contributed by atoms with Crippen molar-refractivity contribution in [2.75, 3.05) is 0 Å². The van der Waals surface area contributed by atoms with Crippen molar-refractivity contribution in [3.8, 4) is 0 Å². The van der Waals surface area contributed by atoms with Crippen LogP contribution in [0.25, 0.3) is 0 Å². The van der Waals surface area contributed by atoms with Gasteiger partial charge in [0.2, 0.25) is 5.91 Å². The lowest BCUT2D eigenvalue weighted by atomic mass is 9.87. The fourth-order valence-corrected chi connectivity index (χ4v) is 1.77. The van der Waals surface area contributed by atoms with Gasteiger partial charge >= 0.3 is 0 Å². The molecule has 0 bridgehead atoms. The Balaban J connectivity index is 2.25. The molecule has 1 aromatic heterocycles. The molecule has 1 atom stereocenters. The first-order chi connectivity index (χ1) is 7.87. The highest BCUT2D eigenvalue weighted by molar-refractivity contribution is 5.76. The first-order valence-corrected chi connectivity index (χ1v) is 5.91. The van der Waals surface area contributed by atoms with Gasteiger partial charge in [0.1, 0.15) is 5.76 Å². The van der Waals surface area contributed by atoms with Crippen LogP contribution in [0.5, 0.6) is 0 Å². The number of hydrogen-bond donors (Lipinski definition) is 2. The van der Waals surface area contributed by atoms with E-state index in [2.05, 4.69) is 26.1 Å². The number of furan rings is 1. The summed E-state index contributed by atoms with van der Waals surface area (Å²) >= 11 is 0. The fourth-order valence-electron chi connectivity index (χ4n) is 1.77. The normalized spacial score (nSPS) is 13.4. The van der Waals surface area contributed by atoms with Crippen LogP contribution in [0.2, 0.25) is 0 Å². The van der Waals surface area contributed by atoms with Gasteiger partial charge in [-0.3, -0.25) is 4.79 Å². The Morgan fingerprint density at radius 1 is 1.53 bits per heavy atom. The lowest BCUT2D eigenvalue weighted by Gasteiger charge is -2.22. The van der Waals surface area contributed by atoms with Crippen LogP contribution >= 0.6 is 0 Å². The third-order valence-electron chi connectivity index (χ3n) is 2.36. The smallest absolute Gasteiger partial charge is 0.221 e. The first-order valence-electron chi connectivity index (χ1n) is 5.91. The van der Waals surface area contributed by atoms with Gasteiger partial charge in [0.15, 0.2) is 0 Å². The lowest BCUT2D eigenvalue weighted by molar-refractivity contribution is -0.121. The molecule has 0 saturated heterocycles. The minimum absolute atomic E-state index is 0.0295. The molecule has 4 nitrogen and oxygen atoms in total. The van der Waals surface area contributed by atoms with Crippen molar-refractivity contribution in [2.24, 2.45) is 11.1 Å². The monoisotopic (exact) mass is 238 g/mol.